The molecule has 1 aromatic rings. The molecule has 164 valence electrons. The predicted molar refractivity (Wildman–Crippen MR) is 113 cm³/mol. The van der Waals surface area contributed by atoms with Crippen LogP contribution in [0.25, 0.3) is 0 Å². The summed E-state index contributed by atoms with van der Waals surface area (Å²) in [5.41, 5.74) is 1.90. The van der Waals surface area contributed by atoms with E-state index in [-0.39, 0.29) is 24.5 Å². The van der Waals surface area contributed by atoms with Gasteiger partial charge >= 0.3 is 18.0 Å². The third kappa shape index (κ3) is 4.84. The van der Waals surface area contributed by atoms with E-state index < -0.39 is 12.0 Å². The number of carbonyl (C=O) groups excluding carboxylic acids is 3. The number of ether oxygens (including phenoxy) is 2. The van der Waals surface area contributed by atoms with Crippen LogP contribution in [-0.4, -0.2) is 67.7 Å². The van der Waals surface area contributed by atoms with E-state index in [2.05, 4.69) is 10.2 Å². The van der Waals surface area contributed by atoms with Gasteiger partial charge in [-0.1, -0.05) is 0 Å². The Morgan fingerprint density at radius 1 is 1.27 bits per heavy atom. The van der Waals surface area contributed by atoms with Gasteiger partial charge < -0.3 is 14.8 Å². The van der Waals surface area contributed by atoms with E-state index in [1.165, 1.54) is 16.2 Å². The minimum absolute atomic E-state index is 0.187. The van der Waals surface area contributed by atoms with E-state index in [0.29, 0.717) is 31.0 Å². The zero-order chi connectivity index (χ0) is 21.7. The molecule has 0 saturated carbocycles. The molecule has 30 heavy (non-hydrogen) atoms. The Hall–Kier alpha value is -2.39. The molecule has 0 bridgehead atoms. The summed E-state index contributed by atoms with van der Waals surface area (Å²) in [5, 5.41) is 6.75. The van der Waals surface area contributed by atoms with Crippen molar-refractivity contribution in [3.05, 3.63) is 33.7 Å². The summed E-state index contributed by atoms with van der Waals surface area (Å²) in [6, 6.07) is 1.07. The Morgan fingerprint density at radius 3 is 2.70 bits per heavy atom. The number of carbonyl (C=O) groups is 3. The Balaban J connectivity index is 1.92. The highest BCUT2D eigenvalue weighted by atomic mass is 32.1. The normalized spacial score (nSPS) is 22.6. The summed E-state index contributed by atoms with van der Waals surface area (Å²) < 4.78 is 10.5. The third-order valence-electron chi connectivity index (χ3n) is 5.45. The number of nitrogens with zero attached hydrogens (tertiary/aromatic N) is 2. The third-order valence-corrected chi connectivity index (χ3v) is 6.15. The van der Waals surface area contributed by atoms with Crippen molar-refractivity contribution in [2.45, 2.75) is 32.7 Å². The van der Waals surface area contributed by atoms with Gasteiger partial charge in [0.05, 0.1) is 30.7 Å². The van der Waals surface area contributed by atoms with E-state index in [1.54, 1.807) is 20.9 Å². The molecule has 1 N–H and O–H groups in total. The number of amides is 2. The Kier molecular flexibility index (Phi) is 7.49. The lowest BCUT2D eigenvalue weighted by Crippen LogP contribution is -2.50. The van der Waals surface area contributed by atoms with Crippen molar-refractivity contribution >= 4 is 29.3 Å². The average Bonchev–Trinajstić information content (AvgIpc) is 3.26. The smallest absolute Gasteiger partial charge is 0.338 e. The Bertz CT molecular complexity index is 808. The van der Waals surface area contributed by atoms with E-state index in [0.717, 1.165) is 24.9 Å². The van der Waals surface area contributed by atoms with Crippen molar-refractivity contribution in [2.75, 3.05) is 39.9 Å². The molecule has 2 aliphatic heterocycles. The second-order valence-corrected chi connectivity index (χ2v) is 8.19. The largest absolute Gasteiger partial charge is 0.466 e. The predicted octanol–water partition coefficient (Wildman–Crippen LogP) is 2.54. The summed E-state index contributed by atoms with van der Waals surface area (Å²) in [5.74, 6) is -0.817. The number of esters is 2. The number of nitrogens with one attached hydrogen (secondary N) is 1. The second kappa shape index (κ2) is 10.1. The number of rotatable bonds is 7. The zero-order valence-corrected chi connectivity index (χ0v) is 18.5. The zero-order valence-electron chi connectivity index (χ0n) is 17.7. The molecule has 2 aliphatic rings. The molecule has 0 spiro atoms. The molecule has 0 aromatic carbocycles. The molecule has 9 heteroatoms. The Labute approximate surface area is 180 Å². The summed E-state index contributed by atoms with van der Waals surface area (Å²) in [6.07, 6.45) is 1.64. The van der Waals surface area contributed by atoms with Crippen molar-refractivity contribution < 1.29 is 23.9 Å². The first-order valence-electron chi connectivity index (χ1n) is 10.3. The van der Waals surface area contributed by atoms with E-state index in [4.69, 9.17) is 9.47 Å². The fourth-order valence-electron chi connectivity index (χ4n) is 3.95. The highest BCUT2D eigenvalue weighted by Gasteiger charge is 2.38. The van der Waals surface area contributed by atoms with Crippen molar-refractivity contribution in [1.29, 1.82) is 0 Å². The minimum atomic E-state index is -0.556. The van der Waals surface area contributed by atoms with E-state index in [1.807, 2.05) is 16.8 Å². The summed E-state index contributed by atoms with van der Waals surface area (Å²) in [4.78, 5) is 41.4. The lowest BCUT2D eigenvalue weighted by atomic mass is 9.94. The molecule has 2 atom stereocenters. The topological polar surface area (TPSA) is 88.2 Å². The van der Waals surface area contributed by atoms with Crippen LogP contribution in [0.5, 0.6) is 0 Å². The molecule has 1 aromatic heterocycles. The van der Waals surface area contributed by atoms with Crippen molar-refractivity contribution in [1.82, 2.24) is 15.1 Å². The summed E-state index contributed by atoms with van der Waals surface area (Å²) in [6.45, 7) is 5.88. The van der Waals surface area contributed by atoms with E-state index in [9.17, 15) is 14.4 Å². The van der Waals surface area contributed by atoms with E-state index >= 15 is 0 Å². The molecule has 3 heterocycles. The maximum atomic E-state index is 12.9. The Morgan fingerprint density at radius 2 is 2.03 bits per heavy atom. The number of piperidine rings is 1. The maximum absolute atomic E-state index is 12.9. The van der Waals surface area contributed by atoms with Crippen LogP contribution >= 0.6 is 11.3 Å². The van der Waals surface area contributed by atoms with Crippen LogP contribution < -0.4 is 5.32 Å². The van der Waals surface area contributed by atoms with Gasteiger partial charge in [0.15, 0.2) is 0 Å². The fraction of sp³-hybridized carbons (Fsp3) is 0.571. The lowest BCUT2D eigenvalue weighted by molar-refractivity contribution is -0.150. The van der Waals surface area contributed by atoms with Crippen molar-refractivity contribution in [3.8, 4) is 0 Å². The van der Waals surface area contributed by atoms with Gasteiger partial charge in [-0.2, -0.15) is 11.3 Å². The van der Waals surface area contributed by atoms with Gasteiger partial charge in [0.1, 0.15) is 0 Å². The van der Waals surface area contributed by atoms with Crippen LogP contribution in [0, 0.1) is 5.92 Å². The molecule has 3 rings (SSSR count). The summed E-state index contributed by atoms with van der Waals surface area (Å²) >= 11 is 1.51. The number of hydrogen-bond donors (Lipinski definition) is 1. The maximum Gasteiger partial charge on any atom is 0.338 e. The molecular weight excluding hydrogens is 406 g/mol. The first-order chi connectivity index (χ1) is 14.5. The lowest BCUT2D eigenvalue weighted by Gasteiger charge is -2.38. The highest BCUT2D eigenvalue weighted by molar-refractivity contribution is 7.08. The average molecular weight is 436 g/mol. The number of thiophene rings is 1. The fourth-order valence-corrected chi connectivity index (χ4v) is 4.64. The summed E-state index contributed by atoms with van der Waals surface area (Å²) in [7, 11) is 1.65. The number of urea groups is 1. The quantitative estimate of drug-likeness (QED) is 0.662. The van der Waals surface area contributed by atoms with Crippen LogP contribution in [0.4, 0.5) is 4.79 Å². The van der Waals surface area contributed by atoms with Gasteiger partial charge in [-0.15, -0.1) is 0 Å². The monoisotopic (exact) mass is 435 g/mol. The van der Waals surface area contributed by atoms with Crippen LogP contribution in [-0.2, 0) is 19.1 Å². The standard InChI is InChI=1S/C21H29N3O5S/c1-4-28-19(25)14-7-6-9-24(11-14)12-16-17(20(26)29-5-2)18(15-8-10-30-13-15)22-21(27)23(16)3/h8,10,13-14,18H,4-7,9,11-12H2,1-3H3,(H,22,27)/t14-,18-/m0/s1. The molecule has 1 saturated heterocycles. The van der Waals surface area contributed by atoms with Gasteiger partial charge in [0.25, 0.3) is 0 Å². The molecule has 1 fully saturated rings. The van der Waals surface area contributed by atoms with Crippen LogP contribution in [0.3, 0.4) is 0 Å². The molecule has 2 amide bonds. The second-order valence-electron chi connectivity index (χ2n) is 7.41. The van der Waals surface area contributed by atoms with Gasteiger partial charge in [0.2, 0.25) is 0 Å². The number of hydrogen-bond acceptors (Lipinski definition) is 7. The molecular formula is C21H29N3O5S. The van der Waals surface area contributed by atoms with Gasteiger partial charge in [-0.25, -0.2) is 9.59 Å². The first-order valence-corrected chi connectivity index (χ1v) is 11.3. The number of likely N-dealkylation sites (tertiary alicyclic amines) is 1. The SMILES string of the molecule is CCOC(=O)C1=C(CN2CCC[C@H](C(=O)OCC)C2)N(C)C(=O)N[C@H]1c1ccsc1. The highest BCUT2D eigenvalue weighted by Crippen LogP contribution is 2.33. The number of likely N-dealkylation sites (N-methyl/N-ethyl adjacent to an activating group) is 1. The molecule has 0 unspecified atom stereocenters. The van der Waals surface area contributed by atoms with Crippen LogP contribution in [0.2, 0.25) is 0 Å². The van der Waals surface area contributed by atoms with Crippen LogP contribution in [0.1, 0.15) is 38.3 Å². The molecule has 0 aliphatic carbocycles. The van der Waals surface area contributed by atoms with Crippen molar-refractivity contribution in [3.63, 3.8) is 0 Å². The first kappa shape index (κ1) is 22.3. The minimum Gasteiger partial charge on any atom is -0.466 e. The van der Waals surface area contributed by atoms with Gasteiger partial charge in [-0.3, -0.25) is 14.6 Å². The van der Waals surface area contributed by atoms with Crippen LogP contribution in [0.15, 0.2) is 28.1 Å². The van der Waals surface area contributed by atoms with Gasteiger partial charge in [-0.05, 0) is 55.6 Å². The van der Waals surface area contributed by atoms with Gasteiger partial charge in [0, 0.05) is 25.8 Å². The molecule has 8 nitrogen and oxygen atoms in total. The molecule has 0 radical (unpaired) electrons. The van der Waals surface area contributed by atoms with Crippen molar-refractivity contribution in [2.24, 2.45) is 5.92 Å².